The maximum Gasteiger partial charge on any atom is 0.330 e. The first-order chi connectivity index (χ1) is 12.9. The molecular weight excluding hydrogens is 336 g/mol. The van der Waals surface area contributed by atoms with Crippen molar-refractivity contribution in [3.63, 3.8) is 0 Å². The van der Waals surface area contributed by atoms with E-state index >= 15 is 0 Å². The lowest BCUT2D eigenvalue weighted by Crippen LogP contribution is -1.99. The predicted molar refractivity (Wildman–Crippen MR) is 113 cm³/mol. The average Bonchev–Trinajstić information content (AvgIpc) is 2.64. The van der Waals surface area contributed by atoms with Gasteiger partial charge in [0.15, 0.2) is 0 Å². The zero-order valence-electron chi connectivity index (χ0n) is 17.1. The van der Waals surface area contributed by atoms with Gasteiger partial charge in [-0.15, -0.1) is 0 Å². The van der Waals surface area contributed by atoms with Gasteiger partial charge in [-0.05, 0) is 85.4 Å². The Labute approximate surface area is 162 Å². The lowest BCUT2D eigenvalue weighted by molar-refractivity contribution is -0.137. The summed E-state index contributed by atoms with van der Waals surface area (Å²) in [5.74, 6) is 0.614. The van der Waals surface area contributed by atoms with Crippen molar-refractivity contribution in [3.8, 4) is 5.75 Å². The number of rotatable bonds is 6. The van der Waals surface area contributed by atoms with Gasteiger partial charge < -0.3 is 9.47 Å². The fourth-order valence-electron chi connectivity index (χ4n) is 3.03. The summed E-state index contributed by atoms with van der Waals surface area (Å²) in [6.07, 6.45) is 7.41. The van der Waals surface area contributed by atoms with Crippen LogP contribution in [-0.2, 0) is 9.53 Å². The molecule has 2 aromatic rings. The normalized spacial score (nSPS) is 12.7. The average molecular weight is 364 g/mol. The van der Waals surface area contributed by atoms with Gasteiger partial charge in [0.1, 0.15) is 5.75 Å². The highest BCUT2D eigenvalue weighted by Crippen LogP contribution is 2.32. The van der Waals surface area contributed by atoms with Gasteiger partial charge in [0.05, 0.1) is 13.7 Å². The summed E-state index contributed by atoms with van der Waals surface area (Å²) >= 11 is 0. The summed E-state index contributed by atoms with van der Waals surface area (Å²) in [5.41, 5.74) is 5.54. The standard InChI is InChI=1S/C24H28O3/c1-7-27-24(25)13-16(2)9-8-10-17(3)20-11-12-21-19(5)23(26-6)14-18(4)22(21)15-20/h8-15H,7H2,1-6H3/b9-8+,16-13+,17-10-. The van der Waals surface area contributed by atoms with Gasteiger partial charge in [-0.2, -0.15) is 0 Å². The van der Waals surface area contributed by atoms with E-state index in [0.29, 0.717) is 6.61 Å². The van der Waals surface area contributed by atoms with E-state index < -0.39 is 0 Å². The number of esters is 1. The summed E-state index contributed by atoms with van der Waals surface area (Å²) < 4.78 is 10.4. The highest BCUT2D eigenvalue weighted by Gasteiger charge is 2.08. The highest BCUT2D eigenvalue weighted by atomic mass is 16.5. The van der Waals surface area contributed by atoms with E-state index in [1.54, 1.807) is 14.0 Å². The largest absolute Gasteiger partial charge is 0.496 e. The lowest BCUT2D eigenvalue weighted by atomic mass is 9.96. The molecule has 0 aliphatic heterocycles. The molecule has 0 saturated heterocycles. The third kappa shape index (κ3) is 5.10. The molecule has 0 aromatic heterocycles. The molecule has 0 bridgehead atoms. The molecular formula is C24H28O3. The molecule has 0 heterocycles. The number of carbonyl (C=O) groups is 1. The molecule has 0 saturated carbocycles. The molecule has 142 valence electrons. The van der Waals surface area contributed by atoms with Gasteiger partial charge in [-0.25, -0.2) is 4.79 Å². The van der Waals surface area contributed by atoms with Crippen molar-refractivity contribution < 1.29 is 14.3 Å². The smallest absolute Gasteiger partial charge is 0.330 e. The van der Waals surface area contributed by atoms with Crippen molar-refractivity contribution in [1.82, 2.24) is 0 Å². The van der Waals surface area contributed by atoms with Gasteiger partial charge in [0.25, 0.3) is 0 Å². The summed E-state index contributed by atoms with van der Waals surface area (Å²) in [7, 11) is 1.71. The number of hydrogen-bond acceptors (Lipinski definition) is 3. The Morgan fingerprint density at radius 2 is 1.85 bits per heavy atom. The van der Waals surface area contributed by atoms with Crippen LogP contribution in [0.25, 0.3) is 16.3 Å². The molecule has 2 aromatic carbocycles. The van der Waals surface area contributed by atoms with Crippen LogP contribution in [0.5, 0.6) is 5.75 Å². The number of hydrogen-bond donors (Lipinski definition) is 0. The van der Waals surface area contributed by atoms with Crippen LogP contribution in [0.3, 0.4) is 0 Å². The minimum atomic E-state index is -0.309. The first-order valence-corrected chi connectivity index (χ1v) is 9.15. The number of aryl methyl sites for hydroxylation is 2. The monoisotopic (exact) mass is 364 g/mol. The third-order valence-corrected chi connectivity index (χ3v) is 4.58. The van der Waals surface area contributed by atoms with Crippen LogP contribution >= 0.6 is 0 Å². The number of fused-ring (bicyclic) bond motifs is 1. The Kier molecular flexibility index (Phi) is 7.00. The van der Waals surface area contributed by atoms with E-state index in [1.165, 1.54) is 28.0 Å². The van der Waals surface area contributed by atoms with E-state index in [-0.39, 0.29) is 5.97 Å². The maximum absolute atomic E-state index is 11.4. The number of ether oxygens (including phenoxy) is 2. The minimum absolute atomic E-state index is 0.309. The topological polar surface area (TPSA) is 35.5 Å². The first-order valence-electron chi connectivity index (χ1n) is 9.15. The fraction of sp³-hybridized carbons (Fsp3) is 0.292. The molecule has 0 fully saturated rings. The van der Waals surface area contributed by atoms with E-state index in [1.807, 2.05) is 19.1 Å². The quantitative estimate of drug-likeness (QED) is 0.362. The number of carbonyl (C=O) groups excluding carboxylic acids is 1. The lowest BCUT2D eigenvalue weighted by Gasteiger charge is -2.12. The molecule has 0 spiro atoms. The second-order valence-electron chi connectivity index (χ2n) is 6.63. The summed E-state index contributed by atoms with van der Waals surface area (Å²) in [4.78, 5) is 11.4. The molecule has 27 heavy (non-hydrogen) atoms. The Morgan fingerprint density at radius 1 is 1.11 bits per heavy atom. The van der Waals surface area contributed by atoms with E-state index in [2.05, 4.69) is 51.1 Å². The van der Waals surface area contributed by atoms with Crippen LogP contribution in [0.4, 0.5) is 0 Å². The number of methoxy groups -OCH3 is 1. The zero-order valence-corrected chi connectivity index (χ0v) is 17.1. The number of allylic oxidation sites excluding steroid dienone is 5. The fourth-order valence-corrected chi connectivity index (χ4v) is 3.03. The van der Waals surface area contributed by atoms with E-state index in [9.17, 15) is 4.79 Å². The van der Waals surface area contributed by atoms with Crippen molar-refractivity contribution in [2.75, 3.05) is 13.7 Å². The van der Waals surface area contributed by atoms with Crippen molar-refractivity contribution in [2.45, 2.75) is 34.6 Å². The predicted octanol–water partition coefficient (Wildman–Crippen LogP) is 5.93. The summed E-state index contributed by atoms with van der Waals surface area (Å²) in [6, 6.07) is 8.60. The van der Waals surface area contributed by atoms with Crippen molar-refractivity contribution >= 4 is 22.3 Å². The highest BCUT2D eigenvalue weighted by molar-refractivity contribution is 5.92. The molecule has 3 nitrogen and oxygen atoms in total. The third-order valence-electron chi connectivity index (χ3n) is 4.58. The molecule has 2 rings (SSSR count). The maximum atomic E-state index is 11.4. The molecule has 0 atom stereocenters. The van der Waals surface area contributed by atoms with Crippen LogP contribution in [0.2, 0.25) is 0 Å². The molecule has 0 aliphatic carbocycles. The van der Waals surface area contributed by atoms with Crippen LogP contribution in [-0.4, -0.2) is 19.7 Å². The molecule has 0 radical (unpaired) electrons. The second-order valence-corrected chi connectivity index (χ2v) is 6.63. The van der Waals surface area contributed by atoms with Gasteiger partial charge >= 0.3 is 5.97 Å². The summed E-state index contributed by atoms with van der Waals surface area (Å²) in [5, 5.41) is 2.45. The van der Waals surface area contributed by atoms with E-state index in [0.717, 1.165) is 22.5 Å². The van der Waals surface area contributed by atoms with Crippen LogP contribution in [0.15, 0.2) is 54.1 Å². The summed E-state index contributed by atoms with van der Waals surface area (Å²) in [6.45, 7) is 10.3. The Hall–Kier alpha value is -2.81. The van der Waals surface area contributed by atoms with Gasteiger partial charge in [0.2, 0.25) is 0 Å². The second kappa shape index (κ2) is 9.22. The van der Waals surface area contributed by atoms with Gasteiger partial charge in [-0.3, -0.25) is 0 Å². The zero-order chi connectivity index (χ0) is 20.0. The Balaban J connectivity index is 2.28. The van der Waals surface area contributed by atoms with Gasteiger partial charge in [0, 0.05) is 6.08 Å². The molecule has 0 N–H and O–H groups in total. The molecule has 0 aliphatic rings. The SMILES string of the molecule is CCOC(=O)/C=C(C)/C=C/C=C(/C)c1ccc2c(C)c(OC)cc(C)c2c1. The minimum Gasteiger partial charge on any atom is -0.496 e. The number of benzene rings is 2. The van der Waals surface area contributed by atoms with Crippen LogP contribution < -0.4 is 4.74 Å². The van der Waals surface area contributed by atoms with Crippen molar-refractivity contribution in [2.24, 2.45) is 0 Å². The Bertz CT molecular complexity index is 930. The van der Waals surface area contributed by atoms with Crippen molar-refractivity contribution in [3.05, 3.63) is 70.8 Å². The van der Waals surface area contributed by atoms with Crippen molar-refractivity contribution in [1.29, 1.82) is 0 Å². The van der Waals surface area contributed by atoms with E-state index in [4.69, 9.17) is 9.47 Å². The van der Waals surface area contributed by atoms with Gasteiger partial charge in [-0.1, -0.05) is 30.4 Å². The first kappa shape index (κ1) is 20.5. The van der Waals surface area contributed by atoms with Crippen LogP contribution in [0.1, 0.15) is 37.5 Å². The molecule has 0 amide bonds. The van der Waals surface area contributed by atoms with Crippen LogP contribution in [0, 0.1) is 13.8 Å². The Morgan fingerprint density at radius 3 is 2.52 bits per heavy atom. The molecule has 3 heteroatoms. The molecule has 0 unspecified atom stereocenters.